The summed E-state index contributed by atoms with van der Waals surface area (Å²) in [5.74, 6) is 1.70. The molecule has 3 rings (SSSR count). The fourth-order valence-corrected chi connectivity index (χ4v) is 3.80. The summed E-state index contributed by atoms with van der Waals surface area (Å²) in [7, 11) is 0. The third kappa shape index (κ3) is 3.92. The highest BCUT2D eigenvalue weighted by Gasteiger charge is 2.22. The molecule has 1 heterocycles. The van der Waals surface area contributed by atoms with Crippen LogP contribution in [0.1, 0.15) is 57.6 Å². The van der Waals surface area contributed by atoms with Gasteiger partial charge in [0.1, 0.15) is 5.69 Å². The zero-order valence-corrected chi connectivity index (χ0v) is 13.8. The maximum absolute atomic E-state index is 12.0. The number of aryl methyl sites for hydroxylation is 1. The Morgan fingerprint density at radius 2 is 2.13 bits per heavy atom. The first kappa shape index (κ1) is 16.0. The van der Waals surface area contributed by atoms with Gasteiger partial charge in [-0.05, 0) is 36.8 Å². The van der Waals surface area contributed by atoms with Gasteiger partial charge in [-0.1, -0.05) is 51.5 Å². The minimum atomic E-state index is -0.160. The molecule has 2 atom stereocenters. The summed E-state index contributed by atoms with van der Waals surface area (Å²) in [6, 6.07) is 4.59. The van der Waals surface area contributed by atoms with Crippen molar-refractivity contribution in [3.63, 3.8) is 0 Å². The number of hydrogen-bond donors (Lipinski definition) is 1. The number of nitrogens with one attached hydrogen (secondary N) is 1. The van der Waals surface area contributed by atoms with Gasteiger partial charge in [0.15, 0.2) is 0 Å². The molecule has 2 aromatic rings. The van der Waals surface area contributed by atoms with E-state index in [4.69, 9.17) is 0 Å². The van der Waals surface area contributed by atoms with Crippen LogP contribution in [-0.2, 0) is 6.42 Å². The minimum Gasteiger partial charge on any atom is -0.872 e. The highest BCUT2D eigenvalue weighted by atomic mass is 16.3. The lowest BCUT2D eigenvalue weighted by atomic mass is 9.92. The van der Waals surface area contributed by atoms with Gasteiger partial charge in [0, 0.05) is 0 Å². The highest BCUT2D eigenvalue weighted by molar-refractivity contribution is 5.75. The Labute approximate surface area is 137 Å². The van der Waals surface area contributed by atoms with E-state index < -0.39 is 0 Å². The predicted molar refractivity (Wildman–Crippen MR) is 90.5 cm³/mol. The van der Waals surface area contributed by atoms with Crippen LogP contribution in [0.25, 0.3) is 11.0 Å². The van der Waals surface area contributed by atoms with Crippen LogP contribution in [0.2, 0.25) is 0 Å². The fourth-order valence-electron chi connectivity index (χ4n) is 3.80. The Morgan fingerprint density at radius 1 is 1.26 bits per heavy atom. The van der Waals surface area contributed by atoms with Crippen molar-refractivity contribution >= 4 is 11.0 Å². The Hall–Kier alpha value is -1.84. The largest absolute Gasteiger partial charge is 0.872 e. The summed E-state index contributed by atoms with van der Waals surface area (Å²) in [5.41, 5.74) is 1.65. The molecular weight excluding hydrogens is 288 g/mol. The Kier molecular flexibility index (Phi) is 4.99. The van der Waals surface area contributed by atoms with Crippen molar-refractivity contribution in [3.8, 4) is 5.75 Å². The average molecular weight is 313 g/mol. The Balaban J connectivity index is 1.52. The Morgan fingerprint density at radius 3 is 2.91 bits per heavy atom. The summed E-state index contributed by atoms with van der Waals surface area (Å²) >= 11 is 0. The topological polar surface area (TPSA) is 68.8 Å². The molecule has 1 saturated carbocycles. The zero-order valence-electron chi connectivity index (χ0n) is 13.8. The first-order chi connectivity index (χ1) is 11.1. The lowest BCUT2D eigenvalue weighted by Gasteiger charge is -2.14. The molecule has 1 fully saturated rings. The highest BCUT2D eigenvalue weighted by Crippen LogP contribution is 2.34. The molecule has 1 unspecified atom stereocenters. The van der Waals surface area contributed by atoms with Crippen molar-refractivity contribution < 1.29 is 5.11 Å². The first-order valence-corrected chi connectivity index (χ1v) is 8.83. The number of rotatable bonds is 6. The molecule has 1 aromatic heterocycles. The van der Waals surface area contributed by atoms with Crippen LogP contribution in [0.5, 0.6) is 5.75 Å². The predicted octanol–water partition coefficient (Wildman–Crippen LogP) is 3.54. The van der Waals surface area contributed by atoms with Crippen LogP contribution in [-0.4, -0.2) is 9.97 Å². The summed E-state index contributed by atoms with van der Waals surface area (Å²) < 4.78 is 0. The van der Waals surface area contributed by atoms with Gasteiger partial charge in [0.25, 0.3) is 5.56 Å². The molecule has 0 aliphatic heterocycles. The van der Waals surface area contributed by atoms with Crippen molar-refractivity contribution in [2.45, 2.75) is 58.3 Å². The molecule has 4 nitrogen and oxygen atoms in total. The lowest BCUT2D eigenvalue weighted by Crippen LogP contribution is -2.15. The lowest BCUT2D eigenvalue weighted by molar-refractivity contribution is -0.268. The van der Waals surface area contributed by atoms with E-state index in [1.807, 2.05) is 0 Å². The molecular formula is C19H25N2O2-. The summed E-state index contributed by atoms with van der Waals surface area (Å²) in [6.45, 7) is 2.38. The van der Waals surface area contributed by atoms with E-state index in [0.29, 0.717) is 23.1 Å². The molecule has 1 aromatic carbocycles. The molecule has 0 spiro atoms. The summed E-state index contributed by atoms with van der Waals surface area (Å²) in [4.78, 5) is 19.2. The smallest absolute Gasteiger partial charge is 0.270 e. The van der Waals surface area contributed by atoms with Gasteiger partial charge in [-0.15, -0.1) is 5.75 Å². The first-order valence-electron chi connectivity index (χ1n) is 8.83. The SMILES string of the molecule is CC1CCC[C@H]1CCCCCc1nc2ccc([O-])cc2[nH]c1=O. The van der Waals surface area contributed by atoms with Crippen LogP contribution < -0.4 is 10.7 Å². The maximum atomic E-state index is 12.0. The number of fused-ring (bicyclic) bond motifs is 1. The van der Waals surface area contributed by atoms with E-state index in [-0.39, 0.29) is 11.3 Å². The van der Waals surface area contributed by atoms with E-state index in [0.717, 1.165) is 24.7 Å². The third-order valence-electron chi connectivity index (χ3n) is 5.26. The molecule has 4 heteroatoms. The number of unbranched alkanes of at least 4 members (excludes halogenated alkanes) is 2. The summed E-state index contributed by atoms with van der Waals surface area (Å²) in [5, 5.41) is 11.3. The van der Waals surface area contributed by atoms with E-state index in [9.17, 15) is 9.90 Å². The minimum absolute atomic E-state index is 0.108. The molecule has 124 valence electrons. The van der Waals surface area contributed by atoms with Crippen LogP contribution >= 0.6 is 0 Å². The number of aromatic amines is 1. The standard InChI is InChI=1S/C19H26N2O2/c1-13-6-5-8-14(13)7-3-2-4-9-17-19(23)21-18-12-15(22)10-11-16(18)20-17/h10-14,22H,2-9H2,1H3,(H,21,23)/p-1/t13?,14-/m1/s1. The van der Waals surface area contributed by atoms with Crippen LogP contribution in [0, 0.1) is 11.8 Å². The molecule has 1 aliphatic carbocycles. The van der Waals surface area contributed by atoms with Crippen molar-refractivity contribution in [3.05, 3.63) is 34.2 Å². The van der Waals surface area contributed by atoms with Gasteiger partial charge in [0.05, 0.1) is 11.0 Å². The molecule has 1 aliphatic rings. The second kappa shape index (κ2) is 7.16. The zero-order chi connectivity index (χ0) is 16.2. The van der Waals surface area contributed by atoms with Crippen LogP contribution in [0.4, 0.5) is 0 Å². The molecule has 0 radical (unpaired) electrons. The van der Waals surface area contributed by atoms with Gasteiger partial charge in [-0.3, -0.25) is 4.79 Å². The molecule has 23 heavy (non-hydrogen) atoms. The second-order valence-electron chi connectivity index (χ2n) is 6.96. The van der Waals surface area contributed by atoms with E-state index in [2.05, 4.69) is 16.9 Å². The second-order valence-corrected chi connectivity index (χ2v) is 6.96. The molecule has 0 saturated heterocycles. The van der Waals surface area contributed by atoms with Crippen molar-refractivity contribution in [1.29, 1.82) is 0 Å². The van der Waals surface area contributed by atoms with Crippen molar-refractivity contribution in [2.75, 3.05) is 0 Å². The van der Waals surface area contributed by atoms with E-state index >= 15 is 0 Å². The number of H-pyrrole nitrogens is 1. The Bertz CT molecular complexity index is 723. The van der Waals surface area contributed by atoms with E-state index in [1.54, 1.807) is 6.07 Å². The van der Waals surface area contributed by atoms with Crippen molar-refractivity contribution in [1.82, 2.24) is 9.97 Å². The average Bonchev–Trinajstić information content (AvgIpc) is 2.93. The van der Waals surface area contributed by atoms with Gasteiger partial charge in [-0.25, -0.2) is 4.98 Å². The summed E-state index contributed by atoms with van der Waals surface area (Å²) in [6.07, 6.45) is 9.64. The van der Waals surface area contributed by atoms with Crippen molar-refractivity contribution in [2.24, 2.45) is 11.8 Å². The van der Waals surface area contributed by atoms with Crippen LogP contribution in [0.15, 0.2) is 23.0 Å². The number of benzene rings is 1. The van der Waals surface area contributed by atoms with Crippen LogP contribution in [0.3, 0.4) is 0 Å². The van der Waals surface area contributed by atoms with E-state index in [1.165, 1.54) is 44.2 Å². The maximum Gasteiger partial charge on any atom is 0.270 e. The van der Waals surface area contributed by atoms with Gasteiger partial charge < -0.3 is 10.1 Å². The van der Waals surface area contributed by atoms with Gasteiger partial charge in [0.2, 0.25) is 0 Å². The molecule has 1 N–H and O–H groups in total. The molecule has 0 bridgehead atoms. The quantitative estimate of drug-likeness (QED) is 0.829. The normalized spacial score (nSPS) is 21.1. The van der Waals surface area contributed by atoms with Gasteiger partial charge in [-0.2, -0.15) is 0 Å². The number of nitrogens with zero attached hydrogens (tertiary/aromatic N) is 1. The fraction of sp³-hybridized carbons (Fsp3) is 0.579. The number of aromatic nitrogens is 2. The third-order valence-corrected chi connectivity index (χ3v) is 5.26. The monoisotopic (exact) mass is 313 g/mol. The molecule has 0 amide bonds. The number of hydrogen-bond acceptors (Lipinski definition) is 3. The van der Waals surface area contributed by atoms with Gasteiger partial charge >= 0.3 is 0 Å².